The molecule has 0 spiro atoms. The summed E-state index contributed by atoms with van der Waals surface area (Å²) in [4.78, 5) is 26.5. The quantitative estimate of drug-likeness (QED) is 0.291. The summed E-state index contributed by atoms with van der Waals surface area (Å²) in [6, 6.07) is 24.2. The van der Waals surface area contributed by atoms with Crippen molar-refractivity contribution in [3.8, 4) is 28.1 Å². The minimum atomic E-state index is 0.446. The van der Waals surface area contributed by atoms with Gasteiger partial charge in [-0.15, -0.1) is 0 Å². The SMILES string of the molecule is c1ccc(COc2cncc(-c3cc4c(cn3)NCN=C4c3nc4c(-c5ccncc5)cccc4[nH]3)c2)cc1. The number of aromatic nitrogens is 5. The molecule has 188 valence electrons. The molecule has 7 rings (SSSR count). The summed E-state index contributed by atoms with van der Waals surface area (Å²) in [5, 5.41) is 3.32. The van der Waals surface area contributed by atoms with Crippen molar-refractivity contribution in [2.45, 2.75) is 6.61 Å². The highest BCUT2D eigenvalue weighted by Gasteiger charge is 2.21. The summed E-state index contributed by atoms with van der Waals surface area (Å²) < 4.78 is 5.99. The minimum absolute atomic E-state index is 0.446. The summed E-state index contributed by atoms with van der Waals surface area (Å²) in [5.74, 6) is 1.40. The topological polar surface area (TPSA) is 101 Å². The maximum Gasteiger partial charge on any atom is 0.157 e. The fourth-order valence-electron chi connectivity index (χ4n) is 4.73. The van der Waals surface area contributed by atoms with Crippen LogP contribution in [-0.4, -0.2) is 37.3 Å². The Morgan fingerprint density at radius 2 is 1.69 bits per heavy atom. The summed E-state index contributed by atoms with van der Waals surface area (Å²) in [7, 11) is 0. The predicted molar refractivity (Wildman–Crippen MR) is 152 cm³/mol. The summed E-state index contributed by atoms with van der Waals surface area (Å²) in [5.41, 5.74) is 9.29. The third-order valence-corrected chi connectivity index (χ3v) is 6.65. The largest absolute Gasteiger partial charge is 0.487 e. The van der Waals surface area contributed by atoms with Gasteiger partial charge in [0.15, 0.2) is 5.82 Å². The van der Waals surface area contributed by atoms with Crippen LogP contribution >= 0.6 is 0 Å². The molecule has 0 amide bonds. The first-order chi connectivity index (χ1) is 19.3. The van der Waals surface area contributed by atoms with Gasteiger partial charge in [-0.05, 0) is 41.5 Å². The van der Waals surface area contributed by atoms with Crippen molar-refractivity contribution in [2.75, 3.05) is 12.0 Å². The lowest BCUT2D eigenvalue weighted by molar-refractivity contribution is 0.305. The molecule has 5 heterocycles. The van der Waals surface area contributed by atoms with E-state index in [-0.39, 0.29) is 0 Å². The molecule has 0 aliphatic carbocycles. The maximum absolute atomic E-state index is 5.99. The van der Waals surface area contributed by atoms with Crippen LogP contribution in [0.15, 0.2) is 109 Å². The Morgan fingerprint density at radius 3 is 2.59 bits per heavy atom. The van der Waals surface area contributed by atoms with Gasteiger partial charge in [0.25, 0.3) is 0 Å². The van der Waals surface area contributed by atoms with Gasteiger partial charge in [0, 0.05) is 35.3 Å². The van der Waals surface area contributed by atoms with Crippen molar-refractivity contribution in [2.24, 2.45) is 4.99 Å². The number of fused-ring (bicyclic) bond motifs is 2. The Balaban J connectivity index is 1.22. The van der Waals surface area contributed by atoms with Crippen molar-refractivity contribution in [1.82, 2.24) is 24.9 Å². The number of H-pyrrole nitrogens is 1. The second kappa shape index (κ2) is 9.83. The second-order valence-electron chi connectivity index (χ2n) is 9.16. The monoisotopic (exact) mass is 509 g/mol. The van der Waals surface area contributed by atoms with Crippen molar-refractivity contribution in [3.05, 3.63) is 121 Å². The molecule has 8 heteroatoms. The van der Waals surface area contributed by atoms with Crippen LogP contribution in [0.5, 0.6) is 5.75 Å². The zero-order chi connectivity index (χ0) is 26.0. The molecule has 1 aliphatic rings. The number of pyridine rings is 3. The Hall–Kier alpha value is -5.37. The number of para-hydroxylation sites is 1. The molecule has 0 saturated heterocycles. The van der Waals surface area contributed by atoms with Gasteiger partial charge in [-0.2, -0.15) is 0 Å². The average Bonchev–Trinajstić information content (AvgIpc) is 3.45. The number of nitrogens with one attached hydrogen (secondary N) is 2. The highest BCUT2D eigenvalue weighted by molar-refractivity contribution is 6.16. The normalized spacial score (nSPS) is 12.5. The number of benzene rings is 2. The van der Waals surface area contributed by atoms with Gasteiger partial charge in [-0.25, -0.2) is 4.98 Å². The molecule has 1 aliphatic heterocycles. The zero-order valence-electron chi connectivity index (χ0n) is 20.9. The van der Waals surface area contributed by atoms with Crippen LogP contribution in [0.2, 0.25) is 0 Å². The molecule has 39 heavy (non-hydrogen) atoms. The van der Waals surface area contributed by atoms with Crippen LogP contribution in [0, 0.1) is 0 Å². The second-order valence-corrected chi connectivity index (χ2v) is 9.16. The van der Waals surface area contributed by atoms with E-state index in [1.807, 2.05) is 72.9 Å². The first kappa shape index (κ1) is 22.8. The van der Waals surface area contributed by atoms with Gasteiger partial charge in [-0.3, -0.25) is 19.9 Å². The van der Waals surface area contributed by atoms with Gasteiger partial charge >= 0.3 is 0 Å². The number of aliphatic imine (C=N–C) groups is 1. The summed E-state index contributed by atoms with van der Waals surface area (Å²) in [6.45, 7) is 0.917. The van der Waals surface area contributed by atoms with E-state index in [1.54, 1.807) is 24.8 Å². The van der Waals surface area contributed by atoms with Crippen LogP contribution in [0.1, 0.15) is 17.0 Å². The van der Waals surface area contributed by atoms with Crippen molar-refractivity contribution in [3.63, 3.8) is 0 Å². The Bertz CT molecular complexity index is 1810. The van der Waals surface area contributed by atoms with Gasteiger partial charge in [0.2, 0.25) is 0 Å². The number of ether oxygens (including phenoxy) is 1. The Kier molecular flexibility index (Phi) is 5.75. The molecule has 2 N–H and O–H groups in total. The number of rotatable bonds is 6. The third kappa shape index (κ3) is 4.48. The smallest absolute Gasteiger partial charge is 0.157 e. The van der Waals surface area contributed by atoms with Gasteiger partial charge in [0.05, 0.1) is 34.8 Å². The van der Waals surface area contributed by atoms with Crippen LogP contribution in [0.4, 0.5) is 5.69 Å². The van der Waals surface area contributed by atoms with E-state index >= 15 is 0 Å². The van der Waals surface area contributed by atoms with Crippen LogP contribution < -0.4 is 10.1 Å². The third-order valence-electron chi connectivity index (χ3n) is 6.65. The molecular weight excluding hydrogens is 486 g/mol. The number of anilines is 1. The molecular formula is C31H23N7O. The summed E-state index contributed by atoms with van der Waals surface area (Å²) in [6.07, 6.45) is 8.93. The van der Waals surface area contributed by atoms with E-state index in [1.165, 1.54) is 0 Å². The number of nitrogens with zero attached hydrogens (tertiary/aromatic N) is 5. The minimum Gasteiger partial charge on any atom is -0.487 e. The van der Waals surface area contributed by atoms with E-state index in [4.69, 9.17) is 19.7 Å². The lowest BCUT2D eigenvalue weighted by atomic mass is 10.0. The van der Waals surface area contributed by atoms with Gasteiger partial charge in [-0.1, -0.05) is 42.5 Å². The number of hydrogen-bond donors (Lipinski definition) is 2. The molecule has 0 bridgehead atoms. The Morgan fingerprint density at radius 1 is 0.795 bits per heavy atom. The fourth-order valence-corrected chi connectivity index (χ4v) is 4.73. The summed E-state index contributed by atoms with van der Waals surface area (Å²) >= 11 is 0. The Labute approximate surface area is 224 Å². The molecule has 0 atom stereocenters. The lowest BCUT2D eigenvalue weighted by Gasteiger charge is -2.18. The standard InChI is InChI=1S/C31H23N7O/c1-2-5-20(6-3-1)18-39-23-13-22(15-33-16-23)27-14-25-28(17-34-27)35-19-36-30(25)31-37-26-8-4-7-24(29(26)38-31)21-9-11-32-12-10-21/h1-17,35H,18-19H2,(H,37,38). The first-order valence-electron chi connectivity index (χ1n) is 12.6. The number of aromatic amines is 1. The molecule has 8 nitrogen and oxygen atoms in total. The van der Waals surface area contributed by atoms with Crippen LogP contribution in [0.3, 0.4) is 0 Å². The molecule has 4 aromatic heterocycles. The lowest BCUT2D eigenvalue weighted by Crippen LogP contribution is -2.18. The van der Waals surface area contributed by atoms with Crippen LogP contribution in [-0.2, 0) is 6.61 Å². The highest BCUT2D eigenvalue weighted by atomic mass is 16.5. The van der Waals surface area contributed by atoms with E-state index in [0.717, 1.165) is 55.9 Å². The molecule has 0 unspecified atom stereocenters. The van der Waals surface area contributed by atoms with E-state index in [2.05, 4.69) is 26.3 Å². The first-order valence-corrected chi connectivity index (χ1v) is 12.6. The number of imidazole rings is 1. The van der Waals surface area contributed by atoms with E-state index in [0.29, 0.717) is 24.8 Å². The van der Waals surface area contributed by atoms with E-state index < -0.39 is 0 Å². The van der Waals surface area contributed by atoms with Gasteiger partial charge in [0.1, 0.15) is 24.7 Å². The molecule has 2 aromatic carbocycles. The molecule has 0 saturated carbocycles. The van der Waals surface area contributed by atoms with Crippen molar-refractivity contribution in [1.29, 1.82) is 0 Å². The number of hydrogen-bond acceptors (Lipinski definition) is 7. The van der Waals surface area contributed by atoms with Gasteiger partial charge < -0.3 is 15.0 Å². The molecule has 6 aromatic rings. The van der Waals surface area contributed by atoms with Crippen molar-refractivity contribution >= 4 is 22.4 Å². The average molecular weight is 510 g/mol. The predicted octanol–water partition coefficient (Wildman–Crippen LogP) is 5.88. The zero-order valence-corrected chi connectivity index (χ0v) is 20.9. The van der Waals surface area contributed by atoms with Crippen molar-refractivity contribution < 1.29 is 4.74 Å². The highest BCUT2D eigenvalue weighted by Crippen LogP contribution is 2.31. The fraction of sp³-hybridized carbons (Fsp3) is 0.0645. The van der Waals surface area contributed by atoms with Crippen LogP contribution in [0.25, 0.3) is 33.4 Å². The maximum atomic E-state index is 5.99. The molecule has 0 radical (unpaired) electrons. The molecule has 0 fully saturated rings. The van der Waals surface area contributed by atoms with E-state index in [9.17, 15) is 0 Å².